The van der Waals surface area contributed by atoms with E-state index in [1.54, 1.807) is 12.1 Å². The molecule has 0 aliphatic heterocycles. The number of nitrogens with one attached hydrogen (secondary N) is 1. The number of benzene rings is 2. The average Bonchev–Trinajstić information content (AvgIpc) is 2.43. The van der Waals surface area contributed by atoms with E-state index in [-0.39, 0.29) is 6.10 Å². The summed E-state index contributed by atoms with van der Waals surface area (Å²) in [6.45, 7) is 3.97. The maximum Gasteiger partial charge on any atom is 0.119 e. The van der Waals surface area contributed by atoms with Gasteiger partial charge in [0.05, 0.1) is 23.0 Å². The van der Waals surface area contributed by atoms with Gasteiger partial charge in [-0.15, -0.1) is 0 Å². The number of hydrogen-bond acceptors (Lipinski definition) is 4. The summed E-state index contributed by atoms with van der Waals surface area (Å²) in [6.07, 6.45) is 0.150. The van der Waals surface area contributed by atoms with Crippen molar-refractivity contribution in [1.29, 1.82) is 5.26 Å². The first-order valence-electron chi connectivity index (χ1n) is 6.42. The Labute approximate surface area is 118 Å². The maximum absolute atomic E-state index is 8.95. The van der Waals surface area contributed by atoms with Crippen LogP contribution in [-0.2, 0) is 0 Å². The first-order chi connectivity index (χ1) is 9.60. The Bertz CT molecular complexity index is 627. The zero-order chi connectivity index (χ0) is 14.5. The third kappa shape index (κ3) is 3.21. The highest BCUT2D eigenvalue weighted by Gasteiger charge is 2.05. The smallest absolute Gasteiger partial charge is 0.119 e. The van der Waals surface area contributed by atoms with Gasteiger partial charge in [0.1, 0.15) is 11.8 Å². The monoisotopic (exact) mass is 267 g/mol. The molecule has 0 saturated heterocycles. The summed E-state index contributed by atoms with van der Waals surface area (Å²) in [5, 5.41) is 12.2. The van der Waals surface area contributed by atoms with Crippen LogP contribution >= 0.6 is 0 Å². The number of rotatable bonds is 4. The van der Waals surface area contributed by atoms with Gasteiger partial charge in [0.2, 0.25) is 0 Å². The number of nitrogens with two attached hydrogens (primary N) is 1. The first kappa shape index (κ1) is 13.8. The summed E-state index contributed by atoms with van der Waals surface area (Å²) in [5.74, 6) is 0.823. The zero-order valence-electron chi connectivity index (χ0n) is 11.6. The highest BCUT2D eigenvalue weighted by Crippen LogP contribution is 2.26. The van der Waals surface area contributed by atoms with Crippen molar-refractivity contribution in [2.45, 2.75) is 20.0 Å². The Balaban J connectivity index is 2.17. The van der Waals surface area contributed by atoms with E-state index >= 15 is 0 Å². The van der Waals surface area contributed by atoms with Crippen molar-refractivity contribution in [3.05, 3.63) is 48.0 Å². The molecule has 0 fully saturated rings. The molecule has 0 saturated carbocycles. The Morgan fingerprint density at radius 2 is 1.85 bits per heavy atom. The molecule has 0 radical (unpaired) electrons. The van der Waals surface area contributed by atoms with Gasteiger partial charge in [-0.2, -0.15) is 5.26 Å². The molecule has 3 N–H and O–H groups in total. The average molecular weight is 267 g/mol. The van der Waals surface area contributed by atoms with Crippen LogP contribution in [0.25, 0.3) is 0 Å². The van der Waals surface area contributed by atoms with E-state index < -0.39 is 0 Å². The fourth-order valence-electron chi connectivity index (χ4n) is 1.82. The van der Waals surface area contributed by atoms with Gasteiger partial charge in [0, 0.05) is 5.69 Å². The highest BCUT2D eigenvalue weighted by atomic mass is 16.5. The summed E-state index contributed by atoms with van der Waals surface area (Å²) < 4.78 is 5.58. The van der Waals surface area contributed by atoms with Crippen LogP contribution < -0.4 is 15.8 Å². The lowest BCUT2D eigenvalue weighted by atomic mass is 10.1. The molecule has 0 heterocycles. The molecule has 0 aromatic heterocycles. The van der Waals surface area contributed by atoms with E-state index in [2.05, 4.69) is 11.4 Å². The highest BCUT2D eigenvalue weighted by molar-refractivity contribution is 5.77. The van der Waals surface area contributed by atoms with Gasteiger partial charge in [-0.1, -0.05) is 6.07 Å². The van der Waals surface area contributed by atoms with Crippen molar-refractivity contribution in [2.75, 3.05) is 11.1 Å². The van der Waals surface area contributed by atoms with Crippen molar-refractivity contribution in [3.8, 4) is 11.8 Å². The summed E-state index contributed by atoms with van der Waals surface area (Å²) in [5.41, 5.74) is 8.47. The number of nitrogen functional groups attached to an aromatic ring is 1. The molecule has 2 aromatic rings. The number of nitrogens with zero attached hydrogens (tertiary/aromatic N) is 1. The van der Waals surface area contributed by atoms with Crippen molar-refractivity contribution in [1.82, 2.24) is 0 Å². The molecule has 0 bridgehead atoms. The molecule has 0 aliphatic carbocycles. The number of ether oxygens (including phenoxy) is 1. The molecule has 0 atom stereocenters. The molecule has 2 aromatic carbocycles. The van der Waals surface area contributed by atoms with Crippen LogP contribution in [0.1, 0.15) is 19.4 Å². The van der Waals surface area contributed by atoms with Crippen molar-refractivity contribution >= 4 is 17.1 Å². The standard InChI is InChI=1S/C16H17N3O/c1-11(2)20-14-8-6-13(7-9-14)19-15-5-3-4-12(10-17)16(15)18/h3-9,11,19H,18H2,1-2H3. The van der Waals surface area contributed by atoms with Gasteiger partial charge in [-0.05, 0) is 50.2 Å². The van der Waals surface area contributed by atoms with Gasteiger partial charge >= 0.3 is 0 Å². The first-order valence-corrected chi connectivity index (χ1v) is 6.42. The van der Waals surface area contributed by atoms with Gasteiger partial charge in [0.15, 0.2) is 0 Å². The molecular formula is C16H17N3O. The number of nitriles is 1. The second kappa shape index (κ2) is 5.98. The van der Waals surface area contributed by atoms with Crippen LogP contribution in [0.15, 0.2) is 42.5 Å². The van der Waals surface area contributed by atoms with Gasteiger partial charge in [-0.3, -0.25) is 0 Å². The van der Waals surface area contributed by atoms with E-state index in [1.807, 2.05) is 44.2 Å². The minimum absolute atomic E-state index is 0.150. The van der Waals surface area contributed by atoms with E-state index in [0.29, 0.717) is 11.3 Å². The fourth-order valence-corrected chi connectivity index (χ4v) is 1.82. The van der Waals surface area contributed by atoms with Crippen molar-refractivity contribution in [3.63, 3.8) is 0 Å². The van der Waals surface area contributed by atoms with Crippen LogP contribution in [0.3, 0.4) is 0 Å². The minimum Gasteiger partial charge on any atom is -0.491 e. The molecule has 4 nitrogen and oxygen atoms in total. The summed E-state index contributed by atoms with van der Waals surface area (Å²) in [6, 6.07) is 15.0. The summed E-state index contributed by atoms with van der Waals surface area (Å²) >= 11 is 0. The molecule has 4 heteroatoms. The Morgan fingerprint density at radius 3 is 2.45 bits per heavy atom. The molecule has 2 rings (SSSR count). The fraction of sp³-hybridized carbons (Fsp3) is 0.188. The van der Waals surface area contributed by atoms with Crippen LogP contribution in [0.5, 0.6) is 5.75 Å². The van der Waals surface area contributed by atoms with Gasteiger partial charge in [0.25, 0.3) is 0 Å². The largest absolute Gasteiger partial charge is 0.491 e. The van der Waals surface area contributed by atoms with E-state index in [0.717, 1.165) is 17.1 Å². The third-order valence-corrected chi connectivity index (χ3v) is 2.73. The molecular weight excluding hydrogens is 250 g/mol. The predicted octanol–water partition coefficient (Wildman–Crippen LogP) is 3.67. The maximum atomic E-state index is 8.95. The van der Waals surface area contributed by atoms with Crippen LogP contribution in [0.2, 0.25) is 0 Å². The Morgan fingerprint density at radius 1 is 1.15 bits per heavy atom. The molecule has 102 valence electrons. The molecule has 0 aliphatic rings. The number of para-hydroxylation sites is 1. The normalized spacial score (nSPS) is 10.1. The SMILES string of the molecule is CC(C)Oc1ccc(Nc2cccc(C#N)c2N)cc1. The lowest BCUT2D eigenvalue weighted by Crippen LogP contribution is -2.05. The second-order valence-corrected chi connectivity index (χ2v) is 4.69. The topological polar surface area (TPSA) is 71.1 Å². The molecule has 20 heavy (non-hydrogen) atoms. The van der Waals surface area contributed by atoms with Crippen molar-refractivity contribution < 1.29 is 4.74 Å². The van der Waals surface area contributed by atoms with Crippen LogP contribution in [0, 0.1) is 11.3 Å². The van der Waals surface area contributed by atoms with Crippen LogP contribution in [-0.4, -0.2) is 6.10 Å². The third-order valence-electron chi connectivity index (χ3n) is 2.73. The second-order valence-electron chi connectivity index (χ2n) is 4.69. The predicted molar refractivity (Wildman–Crippen MR) is 81.1 cm³/mol. The van der Waals surface area contributed by atoms with E-state index in [4.69, 9.17) is 15.7 Å². The van der Waals surface area contributed by atoms with E-state index in [9.17, 15) is 0 Å². The lowest BCUT2D eigenvalue weighted by molar-refractivity contribution is 0.242. The Kier molecular flexibility index (Phi) is 4.11. The summed E-state index contributed by atoms with van der Waals surface area (Å²) in [7, 11) is 0. The van der Waals surface area contributed by atoms with Gasteiger partial charge < -0.3 is 15.8 Å². The molecule has 0 unspecified atom stereocenters. The summed E-state index contributed by atoms with van der Waals surface area (Å²) in [4.78, 5) is 0. The minimum atomic E-state index is 0.150. The molecule has 0 spiro atoms. The van der Waals surface area contributed by atoms with E-state index in [1.165, 1.54) is 0 Å². The molecule has 0 amide bonds. The lowest BCUT2D eigenvalue weighted by Gasteiger charge is -2.12. The Hall–Kier alpha value is -2.67. The number of hydrogen-bond donors (Lipinski definition) is 2. The number of anilines is 3. The van der Waals surface area contributed by atoms with Crippen molar-refractivity contribution in [2.24, 2.45) is 0 Å². The zero-order valence-corrected chi connectivity index (χ0v) is 11.6. The quantitative estimate of drug-likeness (QED) is 0.829. The van der Waals surface area contributed by atoms with Gasteiger partial charge in [-0.25, -0.2) is 0 Å². The van der Waals surface area contributed by atoms with Crippen LogP contribution in [0.4, 0.5) is 17.1 Å².